The normalized spacial score (nSPS) is 16.3. The van der Waals surface area contributed by atoms with Crippen molar-refractivity contribution in [3.8, 4) is 11.1 Å². The Morgan fingerprint density at radius 1 is 0.739 bits per heavy atom. The minimum atomic E-state index is -1.59. The van der Waals surface area contributed by atoms with Crippen molar-refractivity contribution in [3.05, 3.63) is 59.2 Å². The van der Waals surface area contributed by atoms with E-state index in [1.807, 2.05) is 90.9 Å². The van der Waals surface area contributed by atoms with Crippen LogP contribution in [0.15, 0.2) is 42.5 Å². The van der Waals surface area contributed by atoms with Gasteiger partial charge < -0.3 is 0 Å². The zero-order valence-electron chi connectivity index (χ0n) is 19.5. The molecule has 23 heavy (non-hydrogen) atoms. The van der Waals surface area contributed by atoms with Gasteiger partial charge >= 0.3 is 0 Å². The maximum Gasteiger partial charge on any atom is 0.0321 e. The van der Waals surface area contributed by atoms with Crippen LogP contribution in [0.5, 0.6) is 0 Å². The summed E-state index contributed by atoms with van der Waals surface area (Å²) in [6.45, 7) is 13.2. The summed E-state index contributed by atoms with van der Waals surface area (Å²) in [4.78, 5) is 0. The molecule has 0 N–H and O–H groups in total. The Hall–Kier alpha value is -1.56. The Bertz CT molecular complexity index is 760. The zero-order valence-corrected chi connectivity index (χ0v) is 15.5. The van der Waals surface area contributed by atoms with Gasteiger partial charge in [-0.1, -0.05) is 84.0 Å². The third kappa shape index (κ3) is 5.23. The molecule has 0 amide bonds. The van der Waals surface area contributed by atoms with E-state index in [1.165, 1.54) is 0 Å². The fraction of sp³-hybridized carbons (Fsp3) is 0.478. The van der Waals surface area contributed by atoms with Crippen molar-refractivity contribution in [1.82, 2.24) is 0 Å². The van der Waals surface area contributed by atoms with Gasteiger partial charge in [0.1, 0.15) is 0 Å². The van der Waals surface area contributed by atoms with Crippen LogP contribution in [0.1, 0.15) is 63.7 Å². The van der Waals surface area contributed by atoms with Gasteiger partial charge in [0.25, 0.3) is 0 Å². The second kappa shape index (κ2) is 6.51. The molecule has 0 heterocycles. The highest BCUT2D eigenvalue weighted by molar-refractivity contribution is 5.66. The molecule has 0 heteroatoms. The first-order valence-electron chi connectivity index (χ1n) is 10.3. The Morgan fingerprint density at radius 3 is 1.57 bits per heavy atom. The lowest BCUT2D eigenvalue weighted by molar-refractivity contribution is 0.404. The predicted octanol–water partition coefficient (Wildman–Crippen LogP) is 6.84. The van der Waals surface area contributed by atoms with Crippen LogP contribution in [-0.2, 0) is 12.7 Å². The summed E-state index contributed by atoms with van der Waals surface area (Å²) in [6.07, 6.45) is -3.19. The van der Waals surface area contributed by atoms with E-state index < -0.39 is 23.6 Å². The zero-order chi connectivity index (χ0) is 20.8. The maximum absolute atomic E-state index is 8.82. The highest BCUT2D eigenvalue weighted by Crippen LogP contribution is 2.32. The molecule has 0 aliphatic rings. The summed E-state index contributed by atoms with van der Waals surface area (Å²) in [7, 11) is 0. The van der Waals surface area contributed by atoms with Gasteiger partial charge in [0.15, 0.2) is 0 Å². The van der Waals surface area contributed by atoms with E-state index in [4.69, 9.17) is 5.48 Å². The molecule has 0 spiro atoms. The van der Waals surface area contributed by atoms with Gasteiger partial charge in [0.05, 0.1) is 0 Å². The molecule has 0 aromatic heterocycles. The summed E-state index contributed by atoms with van der Waals surface area (Å²) >= 11 is 0. The van der Waals surface area contributed by atoms with Gasteiger partial charge in [-0.2, -0.15) is 0 Å². The van der Waals surface area contributed by atoms with E-state index in [2.05, 4.69) is 0 Å². The van der Waals surface area contributed by atoms with Crippen LogP contribution in [0.4, 0.5) is 0 Å². The first-order chi connectivity index (χ1) is 12.1. The first kappa shape index (κ1) is 12.8. The molecule has 2 aromatic carbocycles. The third-order valence-electron chi connectivity index (χ3n) is 3.53. The number of rotatable bonds is 3. The molecule has 2 aromatic rings. The highest BCUT2D eigenvalue weighted by atomic mass is 14.2. The monoisotopic (exact) mass is 312 g/mol. The standard InChI is InChI=1S/C23H32/c1-17-20(15-22(2,3)4)13-19(18-11-9-8-10-12-18)14-21(17)16-23(5,6)7/h8-14H,15-16H2,1-7H3/i15D2,16D2. The van der Waals surface area contributed by atoms with Gasteiger partial charge in [0, 0.05) is 5.48 Å². The van der Waals surface area contributed by atoms with Crippen LogP contribution in [0.25, 0.3) is 11.1 Å². The van der Waals surface area contributed by atoms with Crippen LogP contribution >= 0.6 is 0 Å². The van der Waals surface area contributed by atoms with Crippen molar-refractivity contribution in [1.29, 1.82) is 0 Å². The molecule has 0 nitrogen and oxygen atoms in total. The summed E-state index contributed by atoms with van der Waals surface area (Å²) < 4.78 is 35.3. The van der Waals surface area contributed by atoms with E-state index in [0.29, 0.717) is 16.7 Å². The molecular formula is C23H32. The number of hydrogen-bond acceptors (Lipinski definition) is 0. The molecule has 0 aliphatic carbocycles. The Morgan fingerprint density at radius 2 is 1.17 bits per heavy atom. The average molecular weight is 313 g/mol. The van der Waals surface area contributed by atoms with Crippen molar-refractivity contribution < 1.29 is 5.48 Å². The summed E-state index contributed by atoms with van der Waals surface area (Å²) in [5, 5.41) is 0. The molecule has 2 rings (SSSR count). The molecule has 0 bridgehead atoms. The van der Waals surface area contributed by atoms with Gasteiger partial charge in [0.2, 0.25) is 0 Å². The molecule has 0 aliphatic heterocycles. The van der Waals surface area contributed by atoms with Crippen LogP contribution in [-0.4, -0.2) is 0 Å². The van der Waals surface area contributed by atoms with Gasteiger partial charge in [-0.05, 0) is 58.3 Å². The van der Waals surface area contributed by atoms with Crippen molar-refractivity contribution >= 4 is 0 Å². The van der Waals surface area contributed by atoms with Crippen molar-refractivity contribution in [2.45, 2.75) is 61.2 Å². The lowest BCUT2D eigenvalue weighted by Crippen LogP contribution is -2.14. The van der Waals surface area contributed by atoms with Crippen LogP contribution in [0.2, 0.25) is 0 Å². The summed E-state index contributed by atoms with van der Waals surface area (Å²) in [5.74, 6) is 0. The summed E-state index contributed by atoms with van der Waals surface area (Å²) in [5.41, 5.74) is 2.44. The molecule has 0 radical (unpaired) electrons. The topological polar surface area (TPSA) is 0 Å². The fourth-order valence-electron chi connectivity index (χ4n) is 2.58. The smallest absolute Gasteiger partial charge is 0.0321 e. The Labute approximate surface area is 148 Å². The molecule has 0 atom stereocenters. The summed E-state index contributed by atoms with van der Waals surface area (Å²) in [6, 6.07) is 13.6. The Balaban J connectivity index is 2.88. The number of benzene rings is 2. The fourth-order valence-corrected chi connectivity index (χ4v) is 2.58. The molecular weight excluding hydrogens is 276 g/mol. The lowest BCUT2D eigenvalue weighted by Gasteiger charge is -2.25. The minimum Gasteiger partial charge on any atom is -0.0622 e. The molecule has 124 valence electrons. The van der Waals surface area contributed by atoms with Gasteiger partial charge in [-0.25, -0.2) is 0 Å². The molecule has 0 fully saturated rings. The van der Waals surface area contributed by atoms with E-state index in [9.17, 15) is 0 Å². The van der Waals surface area contributed by atoms with E-state index in [1.54, 1.807) is 0 Å². The average Bonchev–Trinajstić information content (AvgIpc) is 2.53. The highest BCUT2D eigenvalue weighted by Gasteiger charge is 2.19. The van der Waals surface area contributed by atoms with Crippen molar-refractivity contribution in [2.75, 3.05) is 0 Å². The van der Waals surface area contributed by atoms with E-state index in [0.717, 1.165) is 11.1 Å². The second-order valence-corrected chi connectivity index (χ2v) is 8.31. The van der Waals surface area contributed by atoms with Crippen molar-refractivity contribution in [2.24, 2.45) is 10.8 Å². The largest absolute Gasteiger partial charge is 0.0622 e. The van der Waals surface area contributed by atoms with Crippen LogP contribution < -0.4 is 0 Å². The van der Waals surface area contributed by atoms with Gasteiger partial charge in [-0.3, -0.25) is 0 Å². The Kier molecular flexibility index (Phi) is 3.63. The van der Waals surface area contributed by atoms with Crippen molar-refractivity contribution in [3.63, 3.8) is 0 Å². The van der Waals surface area contributed by atoms with E-state index >= 15 is 0 Å². The van der Waals surface area contributed by atoms with E-state index in [-0.39, 0.29) is 0 Å². The SMILES string of the molecule is [2H]C([2H])(c1cc(-c2ccccc2)cc(C([2H])([2H])C(C)(C)C)c1C)C(C)(C)C. The quantitative estimate of drug-likeness (QED) is 0.582. The third-order valence-corrected chi connectivity index (χ3v) is 3.53. The molecule has 0 saturated heterocycles. The predicted molar refractivity (Wildman–Crippen MR) is 103 cm³/mol. The first-order valence-corrected chi connectivity index (χ1v) is 8.32. The van der Waals surface area contributed by atoms with Gasteiger partial charge in [-0.15, -0.1) is 0 Å². The maximum atomic E-state index is 8.82. The van der Waals surface area contributed by atoms with Crippen LogP contribution in [0.3, 0.4) is 0 Å². The molecule has 0 saturated carbocycles. The number of hydrogen-bond donors (Lipinski definition) is 0. The molecule has 0 unspecified atom stereocenters. The minimum absolute atomic E-state index is 0.569. The second-order valence-electron chi connectivity index (χ2n) is 8.31. The lowest BCUT2D eigenvalue weighted by atomic mass is 9.80. The van der Waals surface area contributed by atoms with Crippen LogP contribution in [0, 0.1) is 17.8 Å².